The van der Waals surface area contributed by atoms with Gasteiger partial charge in [0.25, 0.3) is 11.8 Å². The van der Waals surface area contributed by atoms with E-state index in [1.54, 1.807) is 0 Å². The molecule has 2 amide bonds. The van der Waals surface area contributed by atoms with Gasteiger partial charge in [-0.25, -0.2) is 13.6 Å². The Labute approximate surface area is 111 Å². The number of hydrogen-bond acceptors (Lipinski definition) is 3. The van der Waals surface area contributed by atoms with Crippen LogP contribution in [0.3, 0.4) is 0 Å². The smallest absolute Gasteiger partial charge is 0.327 e. The van der Waals surface area contributed by atoms with E-state index in [0.717, 1.165) is 0 Å². The van der Waals surface area contributed by atoms with Crippen LogP contribution in [0.25, 0.3) is 0 Å². The second-order valence-electron chi connectivity index (χ2n) is 4.05. The molecule has 1 heterocycles. The first-order valence-electron chi connectivity index (χ1n) is 5.41. The van der Waals surface area contributed by atoms with Gasteiger partial charge in [-0.1, -0.05) is 0 Å². The Kier molecular flexibility index (Phi) is 3.24. The van der Waals surface area contributed by atoms with E-state index in [-0.39, 0.29) is 11.1 Å². The summed E-state index contributed by atoms with van der Waals surface area (Å²) in [6.45, 7) is 0. The largest absolute Gasteiger partial charge is 0.480 e. The van der Waals surface area contributed by atoms with E-state index in [0.29, 0.717) is 17.0 Å². The number of carboxylic acid groups (broad SMARTS) is 1. The number of carboxylic acids is 1. The van der Waals surface area contributed by atoms with Gasteiger partial charge in [0.1, 0.15) is 6.04 Å². The first kappa shape index (κ1) is 13.7. The number of halogens is 2. The molecule has 5 nitrogen and oxygen atoms in total. The monoisotopic (exact) mass is 279 g/mol. The molecule has 0 fully saturated rings. The minimum absolute atomic E-state index is 0.378. The van der Waals surface area contributed by atoms with Gasteiger partial charge >= 0.3 is 5.97 Å². The van der Waals surface area contributed by atoms with Gasteiger partial charge in [0, 0.05) is 6.42 Å². The summed E-state index contributed by atoms with van der Waals surface area (Å²) in [6, 6.07) is -0.433. The van der Waals surface area contributed by atoms with Crippen LogP contribution in [0.5, 0.6) is 0 Å². The number of fused-ring (bicyclic) bond motifs is 1. The Morgan fingerprint density at radius 2 is 1.70 bits per heavy atom. The summed E-state index contributed by atoms with van der Waals surface area (Å²) in [5.41, 5.74) is -0.755. The molecule has 7 heteroatoms. The standard InChI is InChI=1S/C13H7F2NO4/c1-2-3-10(13(19)20)16-11(17)6-4-8(14)9(15)5-7(6)12(16)18/h1,4-5,10H,3H2,(H,19,20). The van der Waals surface area contributed by atoms with Crippen LogP contribution in [0.2, 0.25) is 0 Å². The average Bonchev–Trinajstić information content (AvgIpc) is 2.60. The zero-order valence-electron chi connectivity index (χ0n) is 9.89. The molecule has 0 bridgehead atoms. The molecule has 1 N–H and O–H groups in total. The van der Waals surface area contributed by atoms with Crippen molar-refractivity contribution >= 4 is 17.8 Å². The Hall–Kier alpha value is -2.75. The normalized spacial score (nSPS) is 14.9. The fourth-order valence-corrected chi connectivity index (χ4v) is 1.94. The lowest BCUT2D eigenvalue weighted by atomic mass is 10.1. The maximum Gasteiger partial charge on any atom is 0.327 e. The Morgan fingerprint density at radius 3 is 2.05 bits per heavy atom. The van der Waals surface area contributed by atoms with E-state index in [4.69, 9.17) is 11.5 Å². The average molecular weight is 279 g/mol. The number of aliphatic carboxylic acids is 1. The van der Waals surface area contributed by atoms with Crippen LogP contribution in [0, 0.1) is 24.0 Å². The second-order valence-corrected chi connectivity index (χ2v) is 4.05. The fraction of sp³-hybridized carbons (Fsp3) is 0.154. The summed E-state index contributed by atoms with van der Waals surface area (Å²) in [6.07, 6.45) is 4.60. The fourth-order valence-electron chi connectivity index (χ4n) is 1.94. The lowest BCUT2D eigenvalue weighted by Gasteiger charge is -2.20. The number of imide groups is 1. The van der Waals surface area contributed by atoms with Crippen LogP contribution < -0.4 is 0 Å². The third kappa shape index (κ3) is 1.91. The topological polar surface area (TPSA) is 74.7 Å². The van der Waals surface area contributed by atoms with Crippen molar-refractivity contribution in [1.82, 2.24) is 4.90 Å². The van der Waals surface area contributed by atoms with Crippen molar-refractivity contribution in [3.05, 3.63) is 34.9 Å². The highest BCUT2D eigenvalue weighted by molar-refractivity contribution is 6.22. The molecule has 1 aromatic rings. The summed E-state index contributed by atoms with van der Waals surface area (Å²) >= 11 is 0. The molecule has 0 aliphatic carbocycles. The van der Waals surface area contributed by atoms with Gasteiger partial charge in [-0.3, -0.25) is 14.5 Å². The molecule has 1 aliphatic heterocycles. The number of carbonyl (C=O) groups is 3. The maximum atomic E-state index is 13.1. The number of terminal acetylenes is 1. The zero-order valence-corrected chi connectivity index (χ0v) is 9.89. The van der Waals surface area contributed by atoms with Crippen molar-refractivity contribution in [2.24, 2.45) is 0 Å². The lowest BCUT2D eigenvalue weighted by molar-refractivity contribution is -0.141. The van der Waals surface area contributed by atoms with E-state index in [9.17, 15) is 23.2 Å². The van der Waals surface area contributed by atoms with E-state index in [1.165, 1.54) is 0 Å². The number of hydrogen-bond donors (Lipinski definition) is 1. The van der Waals surface area contributed by atoms with E-state index in [2.05, 4.69) is 0 Å². The van der Waals surface area contributed by atoms with Gasteiger partial charge in [0.15, 0.2) is 11.6 Å². The summed E-state index contributed by atoms with van der Waals surface area (Å²) in [5.74, 6) is -4.04. The predicted molar refractivity (Wildman–Crippen MR) is 61.7 cm³/mol. The van der Waals surface area contributed by atoms with Crippen molar-refractivity contribution < 1.29 is 28.3 Å². The summed E-state index contributed by atoms with van der Waals surface area (Å²) in [5, 5.41) is 9.00. The van der Waals surface area contributed by atoms with Gasteiger partial charge in [-0.2, -0.15) is 0 Å². The molecule has 102 valence electrons. The Morgan fingerprint density at radius 1 is 1.25 bits per heavy atom. The van der Waals surface area contributed by atoms with Crippen LogP contribution in [-0.4, -0.2) is 33.8 Å². The molecule has 0 saturated carbocycles. The summed E-state index contributed by atoms with van der Waals surface area (Å²) < 4.78 is 26.2. The molecule has 0 spiro atoms. The summed E-state index contributed by atoms with van der Waals surface area (Å²) in [7, 11) is 0. The first-order chi connectivity index (χ1) is 9.38. The van der Waals surface area contributed by atoms with Crippen molar-refractivity contribution in [3.8, 4) is 12.3 Å². The molecule has 20 heavy (non-hydrogen) atoms. The van der Waals surface area contributed by atoms with Crippen LogP contribution in [0.15, 0.2) is 12.1 Å². The highest BCUT2D eigenvalue weighted by Crippen LogP contribution is 2.27. The van der Waals surface area contributed by atoms with Crippen molar-refractivity contribution in [2.45, 2.75) is 12.5 Å². The molecular formula is C13H7F2NO4. The molecule has 2 rings (SSSR count). The van der Waals surface area contributed by atoms with Crippen molar-refractivity contribution in [3.63, 3.8) is 0 Å². The number of carbonyl (C=O) groups excluding carboxylic acids is 2. The van der Waals surface area contributed by atoms with E-state index >= 15 is 0 Å². The number of nitrogens with zero attached hydrogens (tertiary/aromatic N) is 1. The minimum atomic E-state index is -1.57. The Balaban J connectivity index is 2.52. The Bertz CT molecular complexity index is 637. The number of benzene rings is 1. The lowest BCUT2D eigenvalue weighted by Crippen LogP contribution is -2.44. The van der Waals surface area contributed by atoms with Gasteiger partial charge in [0.2, 0.25) is 0 Å². The van der Waals surface area contributed by atoms with Crippen molar-refractivity contribution in [1.29, 1.82) is 0 Å². The maximum absolute atomic E-state index is 13.1. The zero-order chi connectivity index (χ0) is 15.0. The third-order valence-corrected chi connectivity index (χ3v) is 2.87. The molecule has 1 aliphatic rings. The van der Waals surface area contributed by atoms with Crippen LogP contribution in [-0.2, 0) is 4.79 Å². The molecule has 1 unspecified atom stereocenters. The second kappa shape index (κ2) is 4.74. The van der Waals surface area contributed by atoms with Crippen LogP contribution in [0.1, 0.15) is 27.1 Å². The minimum Gasteiger partial charge on any atom is -0.480 e. The molecule has 0 radical (unpaired) electrons. The molecule has 0 aromatic heterocycles. The third-order valence-electron chi connectivity index (χ3n) is 2.87. The quantitative estimate of drug-likeness (QED) is 0.662. The van der Waals surface area contributed by atoms with E-state index < -0.39 is 41.9 Å². The van der Waals surface area contributed by atoms with Gasteiger partial charge in [-0.15, -0.1) is 12.3 Å². The van der Waals surface area contributed by atoms with Crippen LogP contribution >= 0.6 is 0 Å². The molecular weight excluding hydrogens is 272 g/mol. The molecule has 1 aromatic carbocycles. The highest BCUT2D eigenvalue weighted by atomic mass is 19.2. The summed E-state index contributed by atoms with van der Waals surface area (Å²) in [4.78, 5) is 35.4. The molecule has 0 saturated heterocycles. The van der Waals surface area contributed by atoms with E-state index in [1.807, 2.05) is 5.92 Å². The molecule has 1 atom stereocenters. The predicted octanol–water partition coefficient (Wildman–Crippen LogP) is 1.04. The van der Waals surface area contributed by atoms with Gasteiger partial charge < -0.3 is 5.11 Å². The number of rotatable bonds is 3. The number of amides is 2. The van der Waals surface area contributed by atoms with Crippen LogP contribution in [0.4, 0.5) is 8.78 Å². The van der Waals surface area contributed by atoms with Crippen molar-refractivity contribution in [2.75, 3.05) is 0 Å². The first-order valence-corrected chi connectivity index (χ1v) is 5.41. The van der Waals surface area contributed by atoms with Gasteiger partial charge in [0.05, 0.1) is 11.1 Å². The SMILES string of the molecule is C#CCC(C(=O)O)N1C(=O)c2cc(F)c(F)cc2C1=O. The van der Waals surface area contributed by atoms with Gasteiger partial charge in [-0.05, 0) is 12.1 Å². The highest BCUT2D eigenvalue weighted by Gasteiger charge is 2.43.